The van der Waals surface area contributed by atoms with Gasteiger partial charge in [-0.3, -0.25) is 4.79 Å². The van der Waals surface area contributed by atoms with Gasteiger partial charge in [-0.05, 0) is 58.0 Å². The second-order valence-corrected chi connectivity index (χ2v) is 7.89. The molecule has 144 valence electrons. The SMILES string of the molecule is CC(C)N(C(=O)CSc1ccc(-c2ccc3c(c2)OCCO3)nn1)C(C)C. The van der Waals surface area contributed by atoms with Crippen LogP contribution in [0.3, 0.4) is 0 Å². The van der Waals surface area contributed by atoms with E-state index in [0.717, 1.165) is 27.8 Å². The molecule has 0 bridgehead atoms. The minimum Gasteiger partial charge on any atom is -0.486 e. The maximum Gasteiger partial charge on any atom is 0.233 e. The first-order valence-corrected chi connectivity index (χ1v) is 10.1. The molecule has 1 aliphatic heterocycles. The molecule has 0 radical (unpaired) electrons. The number of thioether (sulfide) groups is 1. The first-order valence-electron chi connectivity index (χ1n) is 9.13. The molecule has 3 rings (SSSR count). The predicted molar refractivity (Wildman–Crippen MR) is 106 cm³/mol. The van der Waals surface area contributed by atoms with Gasteiger partial charge < -0.3 is 14.4 Å². The fourth-order valence-corrected chi connectivity index (χ4v) is 3.82. The van der Waals surface area contributed by atoms with E-state index in [1.165, 1.54) is 11.8 Å². The summed E-state index contributed by atoms with van der Waals surface area (Å²) in [6, 6.07) is 9.91. The van der Waals surface area contributed by atoms with Crippen LogP contribution in [0.15, 0.2) is 35.4 Å². The molecule has 2 heterocycles. The first-order chi connectivity index (χ1) is 13.0. The summed E-state index contributed by atoms with van der Waals surface area (Å²) >= 11 is 1.41. The number of amides is 1. The van der Waals surface area contributed by atoms with Crippen LogP contribution in [0.4, 0.5) is 0 Å². The third-order valence-corrected chi connectivity index (χ3v) is 5.13. The Morgan fingerprint density at radius 3 is 2.37 bits per heavy atom. The number of benzene rings is 1. The third kappa shape index (κ3) is 4.71. The zero-order valence-corrected chi connectivity index (χ0v) is 17.0. The van der Waals surface area contributed by atoms with Crippen molar-refractivity contribution in [1.29, 1.82) is 0 Å². The highest BCUT2D eigenvalue weighted by Crippen LogP contribution is 2.34. The molecule has 1 aromatic heterocycles. The number of carbonyl (C=O) groups is 1. The number of hydrogen-bond donors (Lipinski definition) is 0. The third-order valence-electron chi connectivity index (χ3n) is 4.22. The minimum absolute atomic E-state index is 0.114. The highest BCUT2D eigenvalue weighted by molar-refractivity contribution is 7.99. The molecule has 0 saturated heterocycles. The molecule has 6 nitrogen and oxygen atoms in total. The standard InChI is InChI=1S/C20H25N3O3S/c1-13(2)23(14(3)4)20(24)12-27-19-8-6-16(21-22-19)15-5-7-17-18(11-15)26-10-9-25-17/h5-8,11,13-14H,9-10,12H2,1-4H3. The fraction of sp³-hybridized carbons (Fsp3) is 0.450. The number of nitrogens with zero attached hydrogens (tertiary/aromatic N) is 3. The van der Waals surface area contributed by atoms with Crippen molar-refractivity contribution in [3.8, 4) is 22.8 Å². The van der Waals surface area contributed by atoms with Gasteiger partial charge in [0.1, 0.15) is 18.2 Å². The second-order valence-electron chi connectivity index (χ2n) is 6.89. The van der Waals surface area contributed by atoms with Crippen molar-refractivity contribution in [2.45, 2.75) is 44.8 Å². The van der Waals surface area contributed by atoms with Crippen LogP contribution in [0.2, 0.25) is 0 Å². The lowest BCUT2D eigenvalue weighted by Gasteiger charge is -2.30. The van der Waals surface area contributed by atoms with Gasteiger partial charge in [0.15, 0.2) is 11.5 Å². The molecule has 0 atom stereocenters. The lowest BCUT2D eigenvalue weighted by Crippen LogP contribution is -2.43. The zero-order chi connectivity index (χ0) is 19.4. The fourth-order valence-electron chi connectivity index (χ4n) is 3.14. The molecule has 0 aliphatic carbocycles. The van der Waals surface area contributed by atoms with Crippen LogP contribution < -0.4 is 9.47 Å². The number of ether oxygens (including phenoxy) is 2. The van der Waals surface area contributed by atoms with Crippen molar-refractivity contribution < 1.29 is 14.3 Å². The van der Waals surface area contributed by atoms with Gasteiger partial charge in [-0.25, -0.2) is 0 Å². The van der Waals surface area contributed by atoms with Gasteiger partial charge in [0.25, 0.3) is 0 Å². The average molecular weight is 388 g/mol. The summed E-state index contributed by atoms with van der Waals surface area (Å²) in [6.45, 7) is 9.25. The van der Waals surface area contributed by atoms with Crippen molar-refractivity contribution in [1.82, 2.24) is 15.1 Å². The Balaban J connectivity index is 1.64. The summed E-state index contributed by atoms with van der Waals surface area (Å²) in [5.74, 6) is 1.95. The summed E-state index contributed by atoms with van der Waals surface area (Å²) in [7, 11) is 0. The van der Waals surface area contributed by atoms with Crippen molar-refractivity contribution >= 4 is 17.7 Å². The Morgan fingerprint density at radius 2 is 1.74 bits per heavy atom. The largest absolute Gasteiger partial charge is 0.486 e. The van der Waals surface area contributed by atoms with Crippen LogP contribution >= 0.6 is 11.8 Å². The average Bonchev–Trinajstić information content (AvgIpc) is 2.66. The van der Waals surface area contributed by atoms with Gasteiger partial charge in [-0.2, -0.15) is 0 Å². The number of fused-ring (bicyclic) bond motifs is 1. The quantitative estimate of drug-likeness (QED) is 0.705. The predicted octanol–water partition coefficient (Wildman–Crippen LogP) is 3.65. The van der Waals surface area contributed by atoms with E-state index in [9.17, 15) is 4.79 Å². The van der Waals surface area contributed by atoms with E-state index in [-0.39, 0.29) is 18.0 Å². The van der Waals surface area contributed by atoms with Crippen LogP contribution in [0, 0.1) is 0 Å². The summed E-state index contributed by atoms with van der Waals surface area (Å²) in [5, 5.41) is 9.29. The van der Waals surface area contributed by atoms with Crippen molar-refractivity contribution in [2.75, 3.05) is 19.0 Å². The molecule has 0 N–H and O–H groups in total. The molecule has 1 amide bonds. The summed E-state index contributed by atoms with van der Waals surface area (Å²) in [5.41, 5.74) is 1.68. The smallest absolute Gasteiger partial charge is 0.233 e. The van der Waals surface area contributed by atoms with Gasteiger partial charge in [-0.15, -0.1) is 10.2 Å². The number of rotatable bonds is 6. The number of aromatic nitrogens is 2. The molecule has 0 fully saturated rings. The minimum atomic E-state index is 0.114. The highest BCUT2D eigenvalue weighted by Gasteiger charge is 2.20. The van der Waals surface area contributed by atoms with Crippen LogP contribution in [0.5, 0.6) is 11.5 Å². The normalized spacial score (nSPS) is 13.1. The van der Waals surface area contributed by atoms with Crippen molar-refractivity contribution in [3.63, 3.8) is 0 Å². The Hall–Kier alpha value is -2.28. The molecular weight excluding hydrogens is 362 g/mol. The summed E-state index contributed by atoms with van der Waals surface area (Å²) in [4.78, 5) is 14.3. The molecule has 1 aliphatic rings. The van der Waals surface area contributed by atoms with E-state index in [1.807, 2.05) is 62.9 Å². The summed E-state index contributed by atoms with van der Waals surface area (Å²) in [6.07, 6.45) is 0. The zero-order valence-electron chi connectivity index (χ0n) is 16.1. The molecule has 0 unspecified atom stereocenters. The van der Waals surface area contributed by atoms with Crippen molar-refractivity contribution in [2.24, 2.45) is 0 Å². The Labute approximate surface area is 164 Å². The van der Waals surface area contributed by atoms with Gasteiger partial charge in [-0.1, -0.05) is 11.8 Å². The van der Waals surface area contributed by atoms with Gasteiger partial charge in [0.05, 0.1) is 11.4 Å². The number of carbonyl (C=O) groups excluding carboxylic acids is 1. The van der Waals surface area contributed by atoms with Gasteiger partial charge in [0.2, 0.25) is 5.91 Å². The van der Waals surface area contributed by atoms with E-state index in [2.05, 4.69) is 10.2 Å². The topological polar surface area (TPSA) is 64.6 Å². The highest BCUT2D eigenvalue weighted by atomic mass is 32.2. The summed E-state index contributed by atoms with van der Waals surface area (Å²) < 4.78 is 11.2. The maximum atomic E-state index is 12.5. The number of hydrogen-bond acceptors (Lipinski definition) is 6. The second kappa shape index (κ2) is 8.61. The van der Waals surface area contributed by atoms with E-state index >= 15 is 0 Å². The van der Waals surface area contributed by atoms with Crippen molar-refractivity contribution in [3.05, 3.63) is 30.3 Å². The lowest BCUT2D eigenvalue weighted by molar-refractivity contribution is -0.131. The molecule has 2 aromatic rings. The van der Waals surface area contributed by atoms with E-state index in [4.69, 9.17) is 9.47 Å². The van der Waals surface area contributed by atoms with Crippen LogP contribution in [0.25, 0.3) is 11.3 Å². The molecule has 7 heteroatoms. The monoisotopic (exact) mass is 387 g/mol. The van der Waals surface area contributed by atoms with Crippen LogP contribution in [0.1, 0.15) is 27.7 Å². The maximum absolute atomic E-state index is 12.5. The first kappa shape index (κ1) is 19.5. The van der Waals surface area contributed by atoms with Gasteiger partial charge in [0, 0.05) is 17.6 Å². The lowest BCUT2D eigenvalue weighted by atomic mass is 10.1. The Kier molecular flexibility index (Phi) is 6.21. The van der Waals surface area contributed by atoms with E-state index < -0.39 is 0 Å². The molecule has 0 spiro atoms. The van der Waals surface area contributed by atoms with E-state index in [0.29, 0.717) is 19.0 Å². The Bertz CT molecular complexity index is 786. The molecular formula is C20H25N3O3S. The van der Waals surface area contributed by atoms with E-state index in [1.54, 1.807) is 0 Å². The van der Waals surface area contributed by atoms with Crippen LogP contribution in [-0.4, -0.2) is 52.1 Å². The molecule has 27 heavy (non-hydrogen) atoms. The van der Waals surface area contributed by atoms with Gasteiger partial charge >= 0.3 is 0 Å². The Morgan fingerprint density at radius 1 is 1.04 bits per heavy atom. The molecule has 1 aromatic carbocycles. The molecule has 0 saturated carbocycles. The van der Waals surface area contributed by atoms with Crippen LogP contribution in [-0.2, 0) is 4.79 Å².